The average molecular weight is 877 g/mol. The SMILES string of the molecule is CCCCCCCC(CCCCCCC)C(=O)OCC1(COC(=O)C(CCCCCCC)CCCCCCC)CCC2(CCN(CCCCO[Si](C)(C)C(C)(C)C)CC2)CC1. The lowest BCUT2D eigenvalue weighted by molar-refractivity contribution is -0.163. The summed E-state index contributed by atoms with van der Waals surface area (Å²) in [5.74, 6) is 0.00473. The highest BCUT2D eigenvalue weighted by Gasteiger charge is 2.46. The summed E-state index contributed by atoms with van der Waals surface area (Å²) in [5, 5.41) is 0.266. The van der Waals surface area contributed by atoms with Crippen LogP contribution in [0.3, 0.4) is 0 Å². The summed E-state index contributed by atoms with van der Waals surface area (Å²) >= 11 is 0. The summed E-state index contributed by atoms with van der Waals surface area (Å²) < 4.78 is 19.4. The molecular formula is C54H105NO5Si. The lowest BCUT2D eigenvalue weighted by Gasteiger charge is -2.49. The van der Waals surface area contributed by atoms with E-state index in [-0.39, 0.29) is 34.2 Å². The minimum Gasteiger partial charge on any atom is -0.465 e. The number of ether oxygens (including phenoxy) is 2. The number of likely N-dealkylation sites (tertiary alicyclic amines) is 1. The van der Waals surface area contributed by atoms with Crippen LogP contribution >= 0.6 is 0 Å². The second-order valence-corrected chi connectivity index (χ2v) is 26.9. The van der Waals surface area contributed by atoms with E-state index in [1.165, 1.54) is 142 Å². The topological polar surface area (TPSA) is 65.1 Å². The Kier molecular flexibility index (Phi) is 29.4. The number of piperidine rings is 1. The van der Waals surface area contributed by atoms with Crippen LogP contribution in [-0.4, -0.2) is 64.6 Å². The van der Waals surface area contributed by atoms with Crippen molar-refractivity contribution in [1.82, 2.24) is 4.90 Å². The van der Waals surface area contributed by atoms with Crippen molar-refractivity contribution in [3.63, 3.8) is 0 Å². The third-order valence-electron chi connectivity index (χ3n) is 15.8. The minimum atomic E-state index is -1.68. The van der Waals surface area contributed by atoms with Gasteiger partial charge in [0.2, 0.25) is 0 Å². The first kappa shape index (κ1) is 56.2. The van der Waals surface area contributed by atoms with Gasteiger partial charge in [0.25, 0.3) is 0 Å². The van der Waals surface area contributed by atoms with Crippen molar-refractivity contribution in [2.24, 2.45) is 22.7 Å². The first-order valence-electron chi connectivity index (χ1n) is 27.0. The molecule has 0 bridgehead atoms. The second-order valence-electron chi connectivity index (χ2n) is 22.1. The summed E-state index contributed by atoms with van der Waals surface area (Å²) in [5.41, 5.74) is 0.0793. The summed E-state index contributed by atoms with van der Waals surface area (Å²) in [4.78, 5) is 30.7. The van der Waals surface area contributed by atoms with E-state index in [0.717, 1.165) is 90.1 Å². The highest BCUT2D eigenvalue weighted by molar-refractivity contribution is 6.74. The Morgan fingerprint density at radius 1 is 0.525 bits per heavy atom. The van der Waals surface area contributed by atoms with Gasteiger partial charge in [-0.1, -0.05) is 177 Å². The molecule has 7 heteroatoms. The van der Waals surface area contributed by atoms with Crippen LogP contribution in [0.25, 0.3) is 0 Å². The molecule has 6 nitrogen and oxygen atoms in total. The van der Waals surface area contributed by atoms with Crippen molar-refractivity contribution in [3.05, 3.63) is 0 Å². The number of carbonyl (C=O) groups excluding carboxylic acids is 2. The van der Waals surface area contributed by atoms with Crippen molar-refractivity contribution in [3.8, 4) is 0 Å². The zero-order valence-corrected chi connectivity index (χ0v) is 43.5. The average Bonchev–Trinajstić information content (AvgIpc) is 3.24. The van der Waals surface area contributed by atoms with Gasteiger partial charge in [-0.15, -0.1) is 0 Å². The predicted molar refractivity (Wildman–Crippen MR) is 264 cm³/mol. The van der Waals surface area contributed by atoms with Crippen molar-refractivity contribution < 1.29 is 23.5 Å². The molecule has 1 aliphatic carbocycles. The van der Waals surface area contributed by atoms with E-state index in [4.69, 9.17) is 13.9 Å². The van der Waals surface area contributed by atoms with Crippen LogP contribution in [0.5, 0.6) is 0 Å². The first-order valence-corrected chi connectivity index (χ1v) is 29.9. The number of hydrogen-bond acceptors (Lipinski definition) is 6. The zero-order valence-electron chi connectivity index (χ0n) is 42.5. The van der Waals surface area contributed by atoms with Gasteiger partial charge < -0.3 is 18.8 Å². The highest BCUT2D eigenvalue weighted by Crippen LogP contribution is 2.51. The fourth-order valence-corrected chi connectivity index (χ4v) is 10.9. The maximum atomic E-state index is 14.0. The van der Waals surface area contributed by atoms with Gasteiger partial charge >= 0.3 is 11.9 Å². The van der Waals surface area contributed by atoms with Gasteiger partial charge in [0.05, 0.1) is 11.8 Å². The van der Waals surface area contributed by atoms with Crippen molar-refractivity contribution in [1.29, 1.82) is 0 Å². The van der Waals surface area contributed by atoms with Gasteiger partial charge in [-0.2, -0.15) is 0 Å². The van der Waals surface area contributed by atoms with E-state index in [0.29, 0.717) is 18.6 Å². The molecule has 0 unspecified atom stereocenters. The quantitative estimate of drug-likeness (QED) is 0.0355. The minimum absolute atomic E-state index is 0.00877. The summed E-state index contributed by atoms with van der Waals surface area (Å²) in [6.07, 6.45) is 37.2. The molecule has 1 heterocycles. The smallest absolute Gasteiger partial charge is 0.308 e. The van der Waals surface area contributed by atoms with E-state index in [1.54, 1.807) is 0 Å². The molecule has 0 atom stereocenters. The molecule has 61 heavy (non-hydrogen) atoms. The third kappa shape index (κ3) is 23.2. The molecule has 2 fully saturated rings. The maximum Gasteiger partial charge on any atom is 0.308 e. The Labute approximate surface area is 381 Å². The van der Waals surface area contributed by atoms with Crippen LogP contribution in [0.2, 0.25) is 18.1 Å². The first-order chi connectivity index (χ1) is 29.3. The molecule has 0 N–H and O–H groups in total. The number of unbranched alkanes of at least 4 members (excludes halogenated alkanes) is 17. The lowest BCUT2D eigenvalue weighted by Crippen LogP contribution is -2.47. The standard InChI is InChI=1S/C54H105NO5Si/c1-10-14-18-22-26-32-48(33-27-23-19-15-11-2)50(56)58-46-54(47-59-51(57)49(34-28-24-20-16-12-3)35-29-25-21-17-13-4)38-36-53(37-39-54)40-43-55(44-41-53)42-30-31-45-60-61(8,9)52(5,6)7/h48-49H,10-47H2,1-9H3. The molecule has 0 radical (unpaired) electrons. The van der Waals surface area contributed by atoms with Gasteiger partial charge in [0, 0.05) is 12.0 Å². The number of nitrogens with zero attached hydrogens (tertiary/aromatic N) is 1. The maximum absolute atomic E-state index is 14.0. The fourth-order valence-electron chi connectivity index (χ4n) is 9.79. The molecule has 1 spiro atoms. The van der Waals surface area contributed by atoms with Crippen LogP contribution < -0.4 is 0 Å². The van der Waals surface area contributed by atoms with E-state index >= 15 is 0 Å². The van der Waals surface area contributed by atoms with Crippen LogP contribution in [0.4, 0.5) is 0 Å². The molecule has 2 rings (SSSR count). The molecule has 1 aliphatic heterocycles. The monoisotopic (exact) mass is 876 g/mol. The molecule has 360 valence electrons. The molecule has 0 amide bonds. The molecule has 2 aliphatic rings. The van der Waals surface area contributed by atoms with Gasteiger partial charge in [0.1, 0.15) is 13.2 Å². The fraction of sp³-hybridized carbons (Fsp3) is 0.963. The van der Waals surface area contributed by atoms with E-state index in [2.05, 4.69) is 66.5 Å². The Morgan fingerprint density at radius 3 is 1.26 bits per heavy atom. The van der Waals surface area contributed by atoms with Crippen LogP contribution in [0, 0.1) is 22.7 Å². The van der Waals surface area contributed by atoms with Gasteiger partial charge in [0.15, 0.2) is 8.32 Å². The van der Waals surface area contributed by atoms with E-state index in [1.807, 2.05) is 0 Å². The van der Waals surface area contributed by atoms with Crippen molar-refractivity contribution >= 4 is 20.3 Å². The Bertz CT molecular complexity index is 1020. The van der Waals surface area contributed by atoms with Gasteiger partial charge in [-0.05, 0) is 120 Å². The second kappa shape index (κ2) is 31.9. The Balaban J connectivity index is 2.10. The van der Waals surface area contributed by atoms with Gasteiger partial charge in [-0.25, -0.2) is 0 Å². The highest BCUT2D eigenvalue weighted by atomic mass is 28.4. The zero-order chi connectivity index (χ0) is 44.9. The summed E-state index contributed by atoms with van der Waals surface area (Å²) in [6.45, 7) is 26.0. The van der Waals surface area contributed by atoms with Crippen LogP contribution in [0.15, 0.2) is 0 Å². The molecule has 1 saturated carbocycles. The molecule has 0 aromatic heterocycles. The Hall–Kier alpha value is -0.923. The van der Waals surface area contributed by atoms with Crippen molar-refractivity contribution in [2.75, 3.05) is 39.5 Å². The molecule has 0 aromatic carbocycles. The summed E-state index contributed by atoms with van der Waals surface area (Å²) in [7, 11) is -1.68. The third-order valence-corrected chi connectivity index (χ3v) is 20.3. The molecule has 1 saturated heterocycles. The van der Waals surface area contributed by atoms with E-state index in [9.17, 15) is 9.59 Å². The van der Waals surface area contributed by atoms with Crippen LogP contribution in [-0.2, 0) is 23.5 Å². The summed E-state index contributed by atoms with van der Waals surface area (Å²) in [6, 6.07) is 0. The normalized spacial score (nSPS) is 17.1. The predicted octanol–water partition coefficient (Wildman–Crippen LogP) is 16.2. The van der Waals surface area contributed by atoms with Crippen LogP contribution in [0.1, 0.15) is 254 Å². The number of hydrogen-bond donors (Lipinski definition) is 0. The van der Waals surface area contributed by atoms with E-state index < -0.39 is 8.32 Å². The molecular weight excluding hydrogens is 771 g/mol. The van der Waals surface area contributed by atoms with Gasteiger partial charge in [-0.3, -0.25) is 9.59 Å². The lowest BCUT2D eigenvalue weighted by atomic mass is 9.60. The Morgan fingerprint density at radius 2 is 0.902 bits per heavy atom. The number of carbonyl (C=O) groups is 2. The van der Waals surface area contributed by atoms with Crippen molar-refractivity contribution in [2.45, 2.75) is 272 Å². The largest absolute Gasteiger partial charge is 0.465 e. The number of rotatable bonds is 36. The number of esters is 2. The molecule has 0 aromatic rings.